The van der Waals surface area contributed by atoms with Crippen molar-refractivity contribution in [3.63, 3.8) is 0 Å². The smallest absolute Gasteiger partial charge is 0.302 e. The third-order valence-electron chi connectivity index (χ3n) is 3.42. The van der Waals surface area contributed by atoms with E-state index in [9.17, 15) is 9.90 Å². The summed E-state index contributed by atoms with van der Waals surface area (Å²) in [5, 5.41) is 9.90. The van der Waals surface area contributed by atoms with Crippen LogP contribution in [0.1, 0.15) is 18.1 Å². The van der Waals surface area contributed by atoms with Crippen molar-refractivity contribution in [3.05, 3.63) is 71.8 Å². The van der Waals surface area contributed by atoms with Crippen molar-refractivity contribution in [1.82, 2.24) is 0 Å². The number of carbonyl (C=O) groups excluding carboxylic acids is 1. The van der Waals surface area contributed by atoms with Gasteiger partial charge in [0.1, 0.15) is 6.61 Å². The molecular formula is C18H20O4. The van der Waals surface area contributed by atoms with Gasteiger partial charge in [-0.05, 0) is 11.1 Å². The molecule has 4 nitrogen and oxygen atoms in total. The Morgan fingerprint density at radius 2 is 1.64 bits per heavy atom. The van der Waals surface area contributed by atoms with Gasteiger partial charge in [-0.3, -0.25) is 4.79 Å². The third-order valence-corrected chi connectivity index (χ3v) is 3.42. The second-order valence-electron chi connectivity index (χ2n) is 5.07. The molecule has 22 heavy (non-hydrogen) atoms. The van der Waals surface area contributed by atoms with Crippen molar-refractivity contribution in [2.24, 2.45) is 0 Å². The lowest BCUT2D eigenvalue weighted by Crippen LogP contribution is -2.39. The van der Waals surface area contributed by atoms with E-state index in [0.29, 0.717) is 6.61 Å². The SMILES string of the molecule is CC(=O)OC[C@@](CO)(OCc1ccccc1)c1ccccc1. The van der Waals surface area contributed by atoms with Gasteiger partial charge in [0.15, 0.2) is 5.60 Å². The van der Waals surface area contributed by atoms with Crippen LogP contribution in [0.5, 0.6) is 0 Å². The molecule has 4 heteroatoms. The molecule has 0 aliphatic heterocycles. The predicted octanol–water partition coefficient (Wildman–Crippen LogP) is 2.65. The molecule has 2 aromatic carbocycles. The van der Waals surface area contributed by atoms with Crippen molar-refractivity contribution >= 4 is 5.97 Å². The molecule has 0 aliphatic carbocycles. The predicted molar refractivity (Wildman–Crippen MR) is 83.1 cm³/mol. The van der Waals surface area contributed by atoms with Crippen LogP contribution >= 0.6 is 0 Å². The minimum absolute atomic E-state index is 0.0321. The van der Waals surface area contributed by atoms with Gasteiger partial charge in [-0.2, -0.15) is 0 Å². The summed E-state index contributed by atoms with van der Waals surface area (Å²) in [6.07, 6.45) is 0. The molecule has 0 saturated heterocycles. The van der Waals surface area contributed by atoms with Crippen LogP contribution in [-0.4, -0.2) is 24.3 Å². The van der Waals surface area contributed by atoms with Crippen LogP contribution in [0.15, 0.2) is 60.7 Å². The number of hydrogen-bond donors (Lipinski definition) is 1. The molecular weight excluding hydrogens is 280 g/mol. The van der Waals surface area contributed by atoms with Gasteiger partial charge in [0.25, 0.3) is 0 Å². The van der Waals surface area contributed by atoms with Crippen molar-refractivity contribution < 1.29 is 19.4 Å². The highest BCUT2D eigenvalue weighted by atomic mass is 16.6. The molecule has 0 aliphatic rings. The van der Waals surface area contributed by atoms with Crippen LogP contribution in [0.3, 0.4) is 0 Å². The lowest BCUT2D eigenvalue weighted by molar-refractivity contribution is -0.163. The molecule has 0 heterocycles. The summed E-state index contributed by atoms with van der Waals surface area (Å²) in [5.74, 6) is -0.405. The highest BCUT2D eigenvalue weighted by Gasteiger charge is 2.34. The maximum absolute atomic E-state index is 11.2. The highest BCUT2D eigenvalue weighted by Crippen LogP contribution is 2.27. The standard InChI is InChI=1S/C18H20O4/c1-15(20)21-14-18(13-19,17-10-6-3-7-11-17)22-12-16-8-4-2-5-9-16/h2-11,19H,12-14H2,1H3/t18-/m1/s1. The van der Waals surface area contributed by atoms with E-state index >= 15 is 0 Å². The molecule has 0 unspecified atom stereocenters. The third kappa shape index (κ3) is 4.16. The summed E-state index contributed by atoms with van der Waals surface area (Å²) in [7, 11) is 0. The zero-order valence-corrected chi connectivity index (χ0v) is 12.6. The van der Waals surface area contributed by atoms with Crippen LogP contribution in [0.2, 0.25) is 0 Å². The van der Waals surface area contributed by atoms with Gasteiger partial charge < -0.3 is 14.6 Å². The normalized spacial score (nSPS) is 13.4. The zero-order valence-electron chi connectivity index (χ0n) is 12.6. The minimum Gasteiger partial charge on any atom is -0.462 e. The molecule has 0 radical (unpaired) electrons. The Labute approximate surface area is 130 Å². The maximum atomic E-state index is 11.2. The fourth-order valence-corrected chi connectivity index (χ4v) is 2.15. The second kappa shape index (κ2) is 7.73. The largest absolute Gasteiger partial charge is 0.462 e. The summed E-state index contributed by atoms with van der Waals surface area (Å²) in [6, 6.07) is 19.0. The fraction of sp³-hybridized carbons (Fsp3) is 0.278. The summed E-state index contributed by atoms with van der Waals surface area (Å²) >= 11 is 0. The van der Waals surface area contributed by atoms with E-state index in [1.807, 2.05) is 60.7 Å². The Balaban J connectivity index is 2.21. The zero-order chi connectivity index (χ0) is 15.8. The molecule has 2 aromatic rings. The summed E-state index contributed by atoms with van der Waals surface area (Å²) in [5.41, 5.74) is 0.691. The molecule has 0 spiro atoms. The van der Waals surface area contributed by atoms with E-state index in [1.54, 1.807) is 0 Å². The summed E-state index contributed by atoms with van der Waals surface area (Å²) < 4.78 is 11.1. The number of carbonyl (C=O) groups is 1. The molecule has 0 saturated carbocycles. The highest BCUT2D eigenvalue weighted by molar-refractivity contribution is 5.66. The first kappa shape index (κ1) is 16.2. The average Bonchev–Trinajstić information content (AvgIpc) is 2.57. The Morgan fingerprint density at radius 3 is 2.18 bits per heavy atom. The number of esters is 1. The Kier molecular flexibility index (Phi) is 5.69. The van der Waals surface area contributed by atoms with Gasteiger partial charge >= 0.3 is 5.97 Å². The van der Waals surface area contributed by atoms with E-state index in [4.69, 9.17) is 9.47 Å². The molecule has 0 bridgehead atoms. The van der Waals surface area contributed by atoms with E-state index in [1.165, 1.54) is 6.92 Å². The lowest BCUT2D eigenvalue weighted by atomic mass is 9.95. The average molecular weight is 300 g/mol. The molecule has 1 atom stereocenters. The second-order valence-corrected chi connectivity index (χ2v) is 5.07. The van der Waals surface area contributed by atoms with E-state index in [-0.39, 0.29) is 13.2 Å². The summed E-state index contributed by atoms with van der Waals surface area (Å²) in [6.45, 7) is 1.34. The number of benzene rings is 2. The van der Waals surface area contributed by atoms with Crippen molar-refractivity contribution in [2.45, 2.75) is 19.1 Å². The van der Waals surface area contributed by atoms with Crippen LogP contribution in [0.4, 0.5) is 0 Å². The van der Waals surface area contributed by atoms with Crippen molar-refractivity contribution in [3.8, 4) is 0 Å². The van der Waals surface area contributed by atoms with Crippen LogP contribution in [-0.2, 0) is 26.5 Å². The minimum atomic E-state index is -1.07. The topological polar surface area (TPSA) is 55.8 Å². The first-order valence-corrected chi connectivity index (χ1v) is 7.14. The van der Waals surface area contributed by atoms with Gasteiger partial charge in [-0.15, -0.1) is 0 Å². The lowest BCUT2D eigenvalue weighted by Gasteiger charge is -2.32. The monoisotopic (exact) mass is 300 g/mol. The number of hydrogen-bond acceptors (Lipinski definition) is 4. The summed E-state index contributed by atoms with van der Waals surface area (Å²) in [4.78, 5) is 11.2. The van der Waals surface area contributed by atoms with E-state index < -0.39 is 11.6 Å². The van der Waals surface area contributed by atoms with Crippen LogP contribution in [0, 0.1) is 0 Å². The fourth-order valence-electron chi connectivity index (χ4n) is 2.15. The molecule has 0 aromatic heterocycles. The Hall–Kier alpha value is -2.17. The number of aliphatic hydroxyl groups is 1. The quantitative estimate of drug-likeness (QED) is 0.799. The first-order chi connectivity index (χ1) is 10.7. The number of aliphatic hydroxyl groups excluding tert-OH is 1. The molecule has 0 amide bonds. The molecule has 1 N–H and O–H groups in total. The van der Waals surface area contributed by atoms with Crippen molar-refractivity contribution in [1.29, 1.82) is 0 Å². The van der Waals surface area contributed by atoms with Crippen LogP contribution in [0.25, 0.3) is 0 Å². The first-order valence-electron chi connectivity index (χ1n) is 7.14. The van der Waals surface area contributed by atoms with Gasteiger partial charge in [0.2, 0.25) is 0 Å². The van der Waals surface area contributed by atoms with Crippen LogP contribution < -0.4 is 0 Å². The van der Waals surface area contributed by atoms with Gasteiger partial charge in [-0.25, -0.2) is 0 Å². The molecule has 2 rings (SSSR count). The Morgan fingerprint density at radius 1 is 1.05 bits per heavy atom. The number of rotatable bonds is 7. The van der Waals surface area contributed by atoms with Gasteiger partial charge in [0, 0.05) is 6.92 Å². The molecule has 116 valence electrons. The maximum Gasteiger partial charge on any atom is 0.302 e. The van der Waals surface area contributed by atoms with Gasteiger partial charge in [0.05, 0.1) is 13.2 Å². The van der Waals surface area contributed by atoms with E-state index in [2.05, 4.69) is 0 Å². The Bertz CT molecular complexity index is 583. The van der Waals surface area contributed by atoms with Crippen molar-refractivity contribution in [2.75, 3.05) is 13.2 Å². The van der Waals surface area contributed by atoms with Gasteiger partial charge in [-0.1, -0.05) is 60.7 Å². The number of ether oxygens (including phenoxy) is 2. The van der Waals surface area contributed by atoms with E-state index in [0.717, 1.165) is 11.1 Å². The molecule has 0 fully saturated rings.